The van der Waals surface area contributed by atoms with Gasteiger partial charge in [-0.3, -0.25) is 4.90 Å². The fraction of sp³-hybridized carbons (Fsp3) is 0.857. The van der Waals surface area contributed by atoms with E-state index in [2.05, 4.69) is 15.9 Å². The summed E-state index contributed by atoms with van der Waals surface area (Å²) in [6, 6.07) is 0. The molecule has 20 heavy (non-hydrogen) atoms. The molecule has 0 spiro atoms. The number of fused-ring (bicyclic) bond motifs is 1. The molecule has 0 aromatic rings. The molecule has 3 aliphatic rings. The van der Waals surface area contributed by atoms with Crippen molar-refractivity contribution >= 4 is 36.4 Å². The van der Waals surface area contributed by atoms with Gasteiger partial charge in [0.05, 0.1) is 13.2 Å². The largest absolute Gasteiger partial charge is 0.379 e. The van der Waals surface area contributed by atoms with Crippen LogP contribution in [-0.2, 0) is 4.74 Å². The summed E-state index contributed by atoms with van der Waals surface area (Å²) in [5.74, 6) is 1.67. The summed E-state index contributed by atoms with van der Waals surface area (Å²) >= 11 is 6.15. The number of ether oxygens (including phenoxy) is 1. The van der Waals surface area contributed by atoms with Gasteiger partial charge in [0.15, 0.2) is 0 Å². The maximum absolute atomic E-state index is 6.15. The van der Waals surface area contributed by atoms with E-state index < -0.39 is 0 Å². The number of nitrogens with zero attached hydrogens (tertiary/aromatic N) is 2. The van der Waals surface area contributed by atoms with Crippen molar-refractivity contribution in [3.63, 3.8) is 0 Å². The Hall–Kier alpha value is 0.490. The Morgan fingerprint density at radius 2 is 1.70 bits per heavy atom. The quantitative estimate of drug-likeness (QED) is 0.783. The van der Waals surface area contributed by atoms with Crippen LogP contribution >= 0.6 is 36.4 Å². The van der Waals surface area contributed by atoms with Gasteiger partial charge < -0.3 is 9.64 Å². The smallest absolute Gasteiger partial charge is 0.0594 e. The zero-order chi connectivity index (χ0) is 12.4. The number of hydrogen-bond acceptors (Lipinski definition) is 3. The first-order chi connectivity index (χ1) is 8.81. The van der Waals surface area contributed by atoms with E-state index in [0.29, 0.717) is 0 Å². The Labute approximate surface area is 139 Å². The van der Waals surface area contributed by atoms with Crippen molar-refractivity contribution in [3.8, 4) is 0 Å². The lowest BCUT2D eigenvalue weighted by atomic mass is 9.86. The SMILES string of the molecule is Cl.Cl.ClC1=CCC2CN(CCN3CCOCC3)CC2C1. The molecule has 0 bridgehead atoms. The lowest BCUT2D eigenvalue weighted by Crippen LogP contribution is -2.41. The van der Waals surface area contributed by atoms with Gasteiger partial charge in [0, 0.05) is 44.3 Å². The van der Waals surface area contributed by atoms with Crippen LogP contribution < -0.4 is 0 Å². The van der Waals surface area contributed by atoms with E-state index in [0.717, 1.165) is 49.6 Å². The maximum atomic E-state index is 6.15. The van der Waals surface area contributed by atoms with Gasteiger partial charge in [-0.2, -0.15) is 0 Å². The second-order valence-electron chi connectivity index (χ2n) is 5.82. The third kappa shape index (κ3) is 4.75. The van der Waals surface area contributed by atoms with Gasteiger partial charge in [0.2, 0.25) is 0 Å². The van der Waals surface area contributed by atoms with E-state index in [-0.39, 0.29) is 24.8 Å². The van der Waals surface area contributed by atoms with Crippen molar-refractivity contribution in [1.82, 2.24) is 9.80 Å². The van der Waals surface area contributed by atoms with Crippen molar-refractivity contribution in [2.45, 2.75) is 12.8 Å². The van der Waals surface area contributed by atoms with Crippen molar-refractivity contribution in [1.29, 1.82) is 0 Å². The van der Waals surface area contributed by atoms with Gasteiger partial charge in [-0.25, -0.2) is 0 Å². The molecule has 3 rings (SSSR count). The van der Waals surface area contributed by atoms with Crippen molar-refractivity contribution < 1.29 is 4.74 Å². The molecule has 0 radical (unpaired) electrons. The number of rotatable bonds is 3. The highest BCUT2D eigenvalue weighted by Gasteiger charge is 2.34. The van der Waals surface area contributed by atoms with Crippen LogP contribution in [0.1, 0.15) is 12.8 Å². The summed E-state index contributed by atoms with van der Waals surface area (Å²) in [5.41, 5.74) is 0. The van der Waals surface area contributed by atoms with E-state index in [1.807, 2.05) is 0 Å². The number of likely N-dealkylation sites (tertiary alicyclic amines) is 1. The van der Waals surface area contributed by atoms with Crippen LogP contribution in [0.15, 0.2) is 11.1 Å². The molecule has 2 aliphatic heterocycles. The first kappa shape index (κ1) is 18.5. The molecule has 0 aromatic heterocycles. The first-order valence-corrected chi connectivity index (χ1v) is 7.56. The van der Waals surface area contributed by atoms with Crippen molar-refractivity contribution in [2.75, 3.05) is 52.5 Å². The third-order valence-corrected chi connectivity index (χ3v) is 4.90. The standard InChI is InChI=1S/C14H23ClN2O.2ClH/c15-14-2-1-12-10-17(11-13(12)9-14)4-3-16-5-7-18-8-6-16;;/h2,12-13H,1,3-11H2;2*1H. The molecule has 1 aliphatic carbocycles. The molecule has 118 valence electrons. The molecular formula is C14H25Cl3N2O. The van der Waals surface area contributed by atoms with Crippen molar-refractivity contribution in [2.24, 2.45) is 11.8 Å². The molecule has 2 fully saturated rings. The summed E-state index contributed by atoms with van der Waals surface area (Å²) in [6.45, 7) is 8.96. The van der Waals surface area contributed by atoms with Crippen molar-refractivity contribution in [3.05, 3.63) is 11.1 Å². The summed E-state index contributed by atoms with van der Waals surface area (Å²) in [6.07, 6.45) is 4.53. The average Bonchev–Trinajstić information content (AvgIpc) is 2.79. The number of halogens is 3. The number of morpholine rings is 1. The van der Waals surface area contributed by atoms with Gasteiger partial charge in [0.1, 0.15) is 0 Å². The minimum atomic E-state index is 0. The topological polar surface area (TPSA) is 15.7 Å². The highest BCUT2D eigenvalue weighted by Crippen LogP contribution is 2.36. The monoisotopic (exact) mass is 342 g/mol. The summed E-state index contributed by atoms with van der Waals surface area (Å²) in [4.78, 5) is 5.16. The van der Waals surface area contributed by atoms with E-state index in [9.17, 15) is 0 Å². The van der Waals surface area contributed by atoms with E-state index >= 15 is 0 Å². The first-order valence-electron chi connectivity index (χ1n) is 7.18. The van der Waals surface area contributed by atoms with Crippen LogP contribution in [0.4, 0.5) is 0 Å². The Morgan fingerprint density at radius 3 is 2.45 bits per heavy atom. The molecule has 2 heterocycles. The van der Waals surface area contributed by atoms with Crippen LogP contribution in [0.2, 0.25) is 0 Å². The van der Waals surface area contributed by atoms with Gasteiger partial charge in [0.25, 0.3) is 0 Å². The Morgan fingerprint density at radius 1 is 1.05 bits per heavy atom. The van der Waals surface area contributed by atoms with Crippen LogP contribution in [0, 0.1) is 11.8 Å². The predicted octanol–water partition coefficient (Wildman–Crippen LogP) is 2.63. The van der Waals surface area contributed by atoms with Gasteiger partial charge in [-0.15, -0.1) is 24.8 Å². The minimum absolute atomic E-state index is 0. The zero-order valence-corrected chi connectivity index (χ0v) is 14.2. The molecule has 0 N–H and O–H groups in total. The fourth-order valence-electron chi connectivity index (χ4n) is 3.44. The number of hydrogen-bond donors (Lipinski definition) is 0. The van der Waals surface area contributed by atoms with E-state index in [1.54, 1.807) is 0 Å². The molecule has 0 saturated carbocycles. The second-order valence-corrected chi connectivity index (χ2v) is 6.31. The van der Waals surface area contributed by atoms with Crippen LogP contribution in [0.5, 0.6) is 0 Å². The van der Waals surface area contributed by atoms with Crippen LogP contribution in [0.25, 0.3) is 0 Å². The van der Waals surface area contributed by atoms with Crippen LogP contribution in [0.3, 0.4) is 0 Å². The van der Waals surface area contributed by atoms with Gasteiger partial charge >= 0.3 is 0 Å². The molecular weight excluding hydrogens is 319 g/mol. The molecule has 3 nitrogen and oxygen atoms in total. The number of allylic oxidation sites excluding steroid dienone is 2. The zero-order valence-electron chi connectivity index (χ0n) is 11.8. The molecule has 2 atom stereocenters. The molecule has 6 heteroatoms. The highest BCUT2D eigenvalue weighted by atomic mass is 35.5. The lowest BCUT2D eigenvalue weighted by molar-refractivity contribution is 0.0342. The Balaban J connectivity index is 0.000001000. The van der Waals surface area contributed by atoms with Gasteiger partial charge in [-0.1, -0.05) is 17.7 Å². The molecule has 2 unspecified atom stereocenters. The average molecular weight is 344 g/mol. The van der Waals surface area contributed by atoms with E-state index in [4.69, 9.17) is 16.3 Å². The normalized spacial score (nSPS) is 30.9. The van der Waals surface area contributed by atoms with Crippen LogP contribution in [-0.4, -0.2) is 62.3 Å². The van der Waals surface area contributed by atoms with E-state index in [1.165, 1.54) is 32.6 Å². The summed E-state index contributed by atoms with van der Waals surface area (Å²) in [5, 5.41) is 1.09. The van der Waals surface area contributed by atoms with Gasteiger partial charge in [-0.05, 0) is 24.7 Å². The molecule has 0 amide bonds. The Kier molecular flexibility index (Phi) is 8.17. The fourth-order valence-corrected chi connectivity index (χ4v) is 3.72. The summed E-state index contributed by atoms with van der Waals surface area (Å²) in [7, 11) is 0. The maximum Gasteiger partial charge on any atom is 0.0594 e. The Bertz CT molecular complexity index is 322. The third-order valence-electron chi connectivity index (χ3n) is 4.59. The highest BCUT2D eigenvalue weighted by molar-refractivity contribution is 6.29. The second kappa shape index (κ2) is 8.82. The molecule has 0 aromatic carbocycles. The minimum Gasteiger partial charge on any atom is -0.379 e. The molecule has 2 saturated heterocycles. The predicted molar refractivity (Wildman–Crippen MR) is 88.3 cm³/mol. The lowest BCUT2D eigenvalue weighted by Gasteiger charge is -2.28. The summed E-state index contributed by atoms with van der Waals surface area (Å²) < 4.78 is 5.38.